The van der Waals surface area contributed by atoms with E-state index < -0.39 is 0 Å². The van der Waals surface area contributed by atoms with Crippen molar-refractivity contribution in [1.82, 2.24) is 14.8 Å². The molecule has 0 aliphatic carbocycles. The molecule has 1 saturated heterocycles. The summed E-state index contributed by atoms with van der Waals surface area (Å²) in [6.07, 6.45) is 3.51. The lowest BCUT2D eigenvalue weighted by Crippen LogP contribution is -2.50. The number of nitrogens with zero attached hydrogens (tertiary/aromatic N) is 3. The van der Waals surface area contributed by atoms with Crippen LogP contribution in [0.5, 0.6) is 5.88 Å². The number of aliphatic hydroxyl groups excluding tert-OH is 1. The van der Waals surface area contributed by atoms with Crippen molar-refractivity contribution in [3.8, 4) is 17.7 Å². The van der Waals surface area contributed by atoms with Gasteiger partial charge in [-0.2, -0.15) is 0 Å². The molecule has 1 fully saturated rings. The minimum absolute atomic E-state index is 0.0254. The zero-order valence-corrected chi connectivity index (χ0v) is 21.8. The Hall–Kier alpha value is -2.99. The van der Waals surface area contributed by atoms with Crippen LogP contribution in [0.2, 0.25) is 0 Å². The van der Waals surface area contributed by atoms with Gasteiger partial charge in [0.25, 0.3) is 5.91 Å². The average molecular weight is 510 g/mol. The van der Waals surface area contributed by atoms with Gasteiger partial charge in [0.15, 0.2) is 0 Å². The highest BCUT2D eigenvalue weighted by atomic mass is 19.1. The fraction of sp³-hybridized carbons (Fsp3) is 0.517. The number of halogens is 1. The van der Waals surface area contributed by atoms with Crippen molar-refractivity contribution in [1.29, 1.82) is 0 Å². The zero-order valence-electron chi connectivity index (χ0n) is 21.8. The van der Waals surface area contributed by atoms with Crippen LogP contribution in [0.25, 0.3) is 0 Å². The van der Waals surface area contributed by atoms with Crippen LogP contribution in [0.1, 0.15) is 48.2 Å². The molecule has 198 valence electrons. The SMILES string of the molecule is C[C@H]1CN([C@@H](C)CO)C(=O)c2cc(C#Cc3cccc(F)c3)cnc2O[C@@H]1CN(C)CC1CCOCC1. The number of aliphatic hydroxyl groups is 1. The maximum atomic E-state index is 13.6. The third-order valence-electron chi connectivity index (χ3n) is 7.10. The molecule has 2 aromatic rings. The first-order valence-corrected chi connectivity index (χ1v) is 13.0. The molecular weight excluding hydrogens is 473 g/mol. The number of hydrogen-bond acceptors (Lipinski definition) is 6. The van der Waals surface area contributed by atoms with Crippen molar-refractivity contribution in [2.45, 2.75) is 38.8 Å². The Kier molecular flexibility index (Phi) is 9.14. The Labute approximate surface area is 218 Å². The van der Waals surface area contributed by atoms with Crippen LogP contribution in [-0.4, -0.2) is 84.4 Å². The van der Waals surface area contributed by atoms with Crippen molar-refractivity contribution in [2.75, 3.05) is 46.5 Å². The van der Waals surface area contributed by atoms with Gasteiger partial charge in [0.2, 0.25) is 5.88 Å². The third-order valence-corrected chi connectivity index (χ3v) is 7.10. The summed E-state index contributed by atoms with van der Waals surface area (Å²) in [7, 11) is 2.10. The molecule has 0 saturated carbocycles. The highest BCUT2D eigenvalue weighted by Crippen LogP contribution is 2.27. The monoisotopic (exact) mass is 509 g/mol. The Morgan fingerprint density at radius 3 is 2.70 bits per heavy atom. The van der Waals surface area contributed by atoms with Gasteiger partial charge in [-0.05, 0) is 57.0 Å². The zero-order chi connectivity index (χ0) is 26.4. The summed E-state index contributed by atoms with van der Waals surface area (Å²) in [5, 5.41) is 9.87. The third kappa shape index (κ3) is 7.07. The normalized spacial score (nSPS) is 21.4. The van der Waals surface area contributed by atoms with E-state index in [9.17, 15) is 14.3 Å². The number of pyridine rings is 1. The van der Waals surface area contributed by atoms with Crippen LogP contribution in [0, 0.1) is 29.5 Å². The first kappa shape index (κ1) is 27.1. The molecular formula is C29H36FN3O4. The fourth-order valence-corrected chi connectivity index (χ4v) is 4.85. The molecule has 2 aliphatic rings. The Morgan fingerprint density at radius 2 is 1.97 bits per heavy atom. The van der Waals surface area contributed by atoms with Gasteiger partial charge in [0, 0.05) is 56.1 Å². The largest absolute Gasteiger partial charge is 0.472 e. The number of carbonyl (C=O) groups is 1. The minimum atomic E-state index is -0.359. The van der Waals surface area contributed by atoms with Crippen molar-refractivity contribution in [3.05, 3.63) is 59.0 Å². The molecule has 1 aromatic carbocycles. The topological polar surface area (TPSA) is 75.1 Å². The predicted molar refractivity (Wildman–Crippen MR) is 139 cm³/mol. The van der Waals surface area contributed by atoms with Gasteiger partial charge in [-0.1, -0.05) is 24.8 Å². The number of fused-ring (bicyclic) bond motifs is 1. The van der Waals surface area contributed by atoms with Crippen molar-refractivity contribution in [3.63, 3.8) is 0 Å². The molecule has 0 spiro atoms. The van der Waals surface area contributed by atoms with Gasteiger partial charge in [-0.15, -0.1) is 0 Å². The summed E-state index contributed by atoms with van der Waals surface area (Å²) < 4.78 is 25.4. The van der Waals surface area contributed by atoms with E-state index in [0.29, 0.717) is 35.7 Å². The van der Waals surface area contributed by atoms with Crippen LogP contribution in [0.4, 0.5) is 4.39 Å². The molecule has 0 bridgehead atoms. The van der Waals surface area contributed by atoms with E-state index in [0.717, 1.165) is 32.6 Å². The van der Waals surface area contributed by atoms with E-state index in [2.05, 4.69) is 35.7 Å². The van der Waals surface area contributed by atoms with Gasteiger partial charge < -0.3 is 24.4 Å². The van der Waals surface area contributed by atoms with Crippen molar-refractivity contribution in [2.24, 2.45) is 11.8 Å². The molecule has 1 amide bonds. The van der Waals surface area contributed by atoms with E-state index in [1.807, 2.05) is 6.92 Å². The molecule has 7 nitrogen and oxygen atoms in total. The first-order valence-electron chi connectivity index (χ1n) is 13.0. The van der Waals surface area contributed by atoms with Crippen LogP contribution in [0.3, 0.4) is 0 Å². The second-order valence-corrected chi connectivity index (χ2v) is 10.2. The Balaban J connectivity index is 1.60. The average Bonchev–Trinajstić information content (AvgIpc) is 2.89. The number of carbonyl (C=O) groups excluding carboxylic acids is 1. The van der Waals surface area contributed by atoms with Gasteiger partial charge in [0.1, 0.15) is 17.5 Å². The first-order chi connectivity index (χ1) is 17.8. The van der Waals surface area contributed by atoms with E-state index in [1.54, 1.807) is 29.3 Å². The maximum absolute atomic E-state index is 13.6. The molecule has 0 radical (unpaired) electrons. The van der Waals surface area contributed by atoms with E-state index in [-0.39, 0.29) is 42.3 Å². The molecule has 1 aromatic heterocycles. The van der Waals surface area contributed by atoms with E-state index >= 15 is 0 Å². The summed E-state index contributed by atoms with van der Waals surface area (Å²) in [4.78, 5) is 22.0. The van der Waals surface area contributed by atoms with Crippen LogP contribution in [0.15, 0.2) is 36.5 Å². The number of hydrogen-bond donors (Lipinski definition) is 1. The highest BCUT2D eigenvalue weighted by Gasteiger charge is 2.34. The molecule has 4 rings (SSSR count). The molecule has 3 atom stereocenters. The van der Waals surface area contributed by atoms with Crippen molar-refractivity contribution < 1.29 is 23.8 Å². The molecule has 1 N–H and O–H groups in total. The lowest BCUT2D eigenvalue weighted by atomic mass is 9.97. The number of aromatic nitrogens is 1. The van der Waals surface area contributed by atoms with Crippen molar-refractivity contribution >= 4 is 5.91 Å². The number of ether oxygens (including phenoxy) is 2. The van der Waals surface area contributed by atoms with Gasteiger partial charge in [0.05, 0.1) is 12.6 Å². The quantitative estimate of drug-likeness (QED) is 0.603. The Bertz CT molecular complexity index is 1140. The summed E-state index contributed by atoms with van der Waals surface area (Å²) in [5.74, 6) is 6.19. The van der Waals surface area contributed by atoms with Gasteiger partial charge in [-0.25, -0.2) is 9.37 Å². The van der Waals surface area contributed by atoms with Crippen LogP contribution >= 0.6 is 0 Å². The molecule has 8 heteroatoms. The second-order valence-electron chi connectivity index (χ2n) is 10.2. The van der Waals surface area contributed by atoms with Crippen LogP contribution < -0.4 is 4.74 Å². The lowest BCUT2D eigenvalue weighted by Gasteiger charge is -2.38. The Morgan fingerprint density at radius 1 is 1.22 bits per heavy atom. The number of likely N-dealkylation sites (N-methyl/N-ethyl adjacent to an activating group) is 1. The minimum Gasteiger partial charge on any atom is -0.472 e. The lowest BCUT2D eigenvalue weighted by molar-refractivity contribution is 0.0254. The number of amides is 1. The highest BCUT2D eigenvalue weighted by molar-refractivity contribution is 5.97. The van der Waals surface area contributed by atoms with E-state index in [1.165, 1.54) is 12.1 Å². The predicted octanol–water partition coefficient (Wildman–Crippen LogP) is 3.20. The molecule has 2 aliphatic heterocycles. The summed E-state index contributed by atoms with van der Waals surface area (Å²) >= 11 is 0. The summed E-state index contributed by atoms with van der Waals surface area (Å²) in [6.45, 7) is 7.49. The van der Waals surface area contributed by atoms with Gasteiger partial charge in [-0.3, -0.25) is 4.79 Å². The molecule has 0 unspecified atom stereocenters. The number of benzene rings is 1. The van der Waals surface area contributed by atoms with Crippen LogP contribution in [-0.2, 0) is 4.74 Å². The van der Waals surface area contributed by atoms with Gasteiger partial charge >= 0.3 is 0 Å². The standard InChI is InChI=1S/C29H36FN3O4/c1-20-16-33(21(2)19-34)29(35)26-14-24(8-7-22-5-4-6-25(30)13-22)15-31-28(26)37-27(20)18-32(3)17-23-9-11-36-12-10-23/h4-6,13-15,20-21,23,27,34H,9-12,16-19H2,1-3H3/t20-,21-,27+/m0/s1. The molecule has 37 heavy (non-hydrogen) atoms. The smallest absolute Gasteiger partial charge is 0.259 e. The fourth-order valence-electron chi connectivity index (χ4n) is 4.85. The molecule has 3 heterocycles. The summed E-state index contributed by atoms with van der Waals surface area (Å²) in [5.41, 5.74) is 1.37. The maximum Gasteiger partial charge on any atom is 0.259 e. The second kappa shape index (κ2) is 12.5. The van der Waals surface area contributed by atoms with E-state index in [4.69, 9.17) is 9.47 Å². The number of rotatable bonds is 6. The summed E-state index contributed by atoms with van der Waals surface area (Å²) in [6, 6.07) is 7.36.